The Morgan fingerprint density at radius 2 is 1.85 bits per heavy atom. The Hall–Kier alpha value is -1.34. The van der Waals surface area contributed by atoms with Crippen molar-refractivity contribution in [3.8, 4) is 0 Å². The maximum Gasteiger partial charge on any atom is 0.326 e. The summed E-state index contributed by atoms with van der Waals surface area (Å²) in [4.78, 5) is 29.0. The van der Waals surface area contributed by atoms with Gasteiger partial charge in [0.1, 0.15) is 6.04 Å². The fraction of sp³-hybridized carbons (Fsp3) is 0.846. The number of rotatable bonds is 1. The van der Waals surface area contributed by atoms with Crippen LogP contribution in [0.1, 0.15) is 19.8 Å². The fourth-order valence-corrected chi connectivity index (χ4v) is 3.08. The van der Waals surface area contributed by atoms with Crippen molar-refractivity contribution in [3.05, 3.63) is 0 Å². The number of carbonyl (C=O) groups excluding carboxylic acids is 1. The molecule has 2 unspecified atom stereocenters. The quantitative estimate of drug-likeness (QED) is 0.688. The molecule has 2 heterocycles. The van der Waals surface area contributed by atoms with Gasteiger partial charge in [-0.3, -0.25) is 0 Å². The summed E-state index contributed by atoms with van der Waals surface area (Å²) in [6.45, 7) is 4.42. The Bertz CT molecular complexity index is 390. The number of β-amino-alcohol motifs (C(OH)–C–C–N with tert-alkyl or cyclic N) is 1. The van der Waals surface area contributed by atoms with E-state index in [2.05, 4.69) is 4.90 Å². The Morgan fingerprint density at radius 1 is 1.15 bits per heavy atom. The van der Waals surface area contributed by atoms with Crippen LogP contribution in [0.15, 0.2) is 0 Å². The van der Waals surface area contributed by atoms with Crippen LogP contribution in [0.2, 0.25) is 0 Å². The molecule has 2 aliphatic rings. The van der Waals surface area contributed by atoms with Crippen molar-refractivity contribution < 1.29 is 19.8 Å². The lowest BCUT2D eigenvalue weighted by Gasteiger charge is -2.33. The maximum atomic E-state index is 12.6. The van der Waals surface area contributed by atoms with Crippen LogP contribution in [0.25, 0.3) is 0 Å². The third-order valence-electron chi connectivity index (χ3n) is 4.10. The molecule has 20 heavy (non-hydrogen) atoms. The van der Waals surface area contributed by atoms with E-state index in [0.717, 1.165) is 19.5 Å². The van der Waals surface area contributed by atoms with E-state index in [0.29, 0.717) is 6.54 Å². The first kappa shape index (κ1) is 15.1. The van der Waals surface area contributed by atoms with Gasteiger partial charge in [0, 0.05) is 32.1 Å². The summed E-state index contributed by atoms with van der Waals surface area (Å²) in [6, 6.07) is -1.13. The van der Waals surface area contributed by atoms with Crippen molar-refractivity contribution in [2.45, 2.75) is 38.0 Å². The Morgan fingerprint density at radius 3 is 2.50 bits per heavy atom. The molecule has 7 nitrogen and oxygen atoms in total. The van der Waals surface area contributed by atoms with Gasteiger partial charge in [-0.15, -0.1) is 0 Å². The molecule has 0 aromatic rings. The number of aliphatic hydroxyl groups is 1. The molecule has 0 radical (unpaired) electrons. The lowest BCUT2D eigenvalue weighted by molar-refractivity contribution is -0.141. The number of hydrogen-bond donors (Lipinski definition) is 2. The average molecular weight is 285 g/mol. The minimum absolute atomic E-state index is 0.0437. The third kappa shape index (κ3) is 3.04. The normalized spacial score (nSPS) is 32.2. The first-order chi connectivity index (χ1) is 9.40. The summed E-state index contributed by atoms with van der Waals surface area (Å²) in [5, 5.41) is 18.8. The van der Waals surface area contributed by atoms with Crippen LogP contribution in [0.4, 0.5) is 4.79 Å². The fourth-order valence-electron chi connectivity index (χ4n) is 3.08. The summed E-state index contributed by atoms with van der Waals surface area (Å²) >= 11 is 0. The number of carboxylic acid groups (broad SMARTS) is 1. The molecule has 0 aliphatic carbocycles. The first-order valence-electron chi connectivity index (χ1n) is 7.06. The van der Waals surface area contributed by atoms with Crippen molar-refractivity contribution in [2.24, 2.45) is 0 Å². The lowest BCUT2D eigenvalue weighted by Crippen LogP contribution is -2.52. The summed E-state index contributed by atoms with van der Waals surface area (Å²) in [6.07, 6.45) is 0.245. The van der Waals surface area contributed by atoms with Crippen LogP contribution in [0.5, 0.6) is 0 Å². The minimum atomic E-state index is -1.05. The third-order valence-corrected chi connectivity index (χ3v) is 4.10. The molecule has 2 amide bonds. The van der Waals surface area contributed by atoms with Gasteiger partial charge in [0.05, 0.1) is 6.10 Å². The first-order valence-corrected chi connectivity index (χ1v) is 7.06. The number of urea groups is 1. The van der Waals surface area contributed by atoms with Gasteiger partial charge in [-0.05, 0) is 26.9 Å². The zero-order chi connectivity index (χ0) is 14.9. The predicted octanol–water partition coefficient (Wildman–Crippen LogP) is -0.348. The van der Waals surface area contributed by atoms with E-state index in [1.54, 1.807) is 4.90 Å². The zero-order valence-electron chi connectivity index (χ0n) is 12.0. The summed E-state index contributed by atoms with van der Waals surface area (Å²) in [5.41, 5.74) is 0. The zero-order valence-corrected chi connectivity index (χ0v) is 12.0. The molecule has 7 heteroatoms. The molecular weight excluding hydrogens is 262 g/mol. The Labute approximate surface area is 118 Å². The van der Waals surface area contributed by atoms with Crippen LogP contribution in [0, 0.1) is 0 Å². The minimum Gasteiger partial charge on any atom is -0.480 e. The second-order valence-electron chi connectivity index (χ2n) is 5.84. The van der Waals surface area contributed by atoms with Crippen LogP contribution in [0.3, 0.4) is 0 Å². The van der Waals surface area contributed by atoms with E-state index in [4.69, 9.17) is 0 Å². The number of likely N-dealkylation sites (tertiary alicyclic amines) is 1. The topological polar surface area (TPSA) is 84.3 Å². The monoisotopic (exact) mass is 285 g/mol. The average Bonchev–Trinajstić information content (AvgIpc) is 2.67. The van der Waals surface area contributed by atoms with Crippen molar-refractivity contribution in [3.63, 3.8) is 0 Å². The van der Waals surface area contributed by atoms with Gasteiger partial charge in [0.25, 0.3) is 0 Å². The molecular formula is C13H23N3O4. The molecule has 2 rings (SSSR count). The Kier molecular flexibility index (Phi) is 4.49. The Balaban J connectivity index is 2.11. The van der Waals surface area contributed by atoms with Crippen molar-refractivity contribution in [1.82, 2.24) is 14.7 Å². The summed E-state index contributed by atoms with van der Waals surface area (Å²) in [5.74, 6) is -1.05. The van der Waals surface area contributed by atoms with Crippen LogP contribution < -0.4 is 0 Å². The van der Waals surface area contributed by atoms with Gasteiger partial charge in [-0.25, -0.2) is 9.59 Å². The second kappa shape index (κ2) is 5.97. The number of amides is 2. The van der Waals surface area contributed by atoms with E-state index >= 15 is 0 Å². The smallest absolute Gasteiger partial charge is 0.326 e. The number of nitrogens with zero attached hydrogens (tertiary/aromatic N) is 3. The molecule has 0 aromatic heterocycles. The summed E-state index contributed by atoms with van der Waals surface area (Å²) < 4.78 is 0. The van der Waals surface area contributed by atoms with Gasteiger partial charge in [0.2, 0.25) is 0 Å². The highest BCUT2D eigenvalue weighted by molar-refractivity contribution is 5.83. The molecule has 0 bridgehead atoms. The van der Waals surface area contributed by atoms with E-state index in [1.165, 1.54) is 4.90 Å². The van der Waals surface area contributed by atoms with Crippen molar-refractivity contribution in [1.29, 1.82) is 0 Å². The molecule has 3 atom stereocenters. The number of hydrogen-bond acceptors (Lipinski definition) is 4. The number of carboxylic acids is 1. The van der Waals surface area contributed by atoms with Gasteiger partial charge < -0.3 is 24.9 Å². The molecule has 2 saturated heterocycles. The molecule has 2 N–H and O–H groups in total. The number of likely N-dealkylation sites (N-methyl/N-ethyl adjacent to an activating group) is 1. The number of aliphatic carboxylic acids is 1. The molecule has 0 spiro atoms. The largest absolute Gasteiger partial charge is 0.480 e. The molecule has 2 aliphatic heterocycles. The van der Waals surface area contributed by atoms with Gasteiger partial charge >= 0.3 is 12.0 Å². The van der Waals surface area contributed by atoms with Crippen LogP contribution in [-0.2, 0) is 4.79 Å². The van der Waals surface area contributed by atoms with Gasteiger partial charge in [0.15, 0.2) is 0 Å². The van der Waals surface area contributed by atoms with E-state index in [-0.39, 0.29) is 25.0 Å². The lowest BCUT2D eigenvalue weighted by atomic mass is 10.2. The highest BCUT2D eigenvalue weighted by Crippen LogP contribution is 2.22. The highest BCUT2D eigenvalue weighted by Gasteiger charge is 2.41. The molecule has 2 fully saturated rings. The number of aliphatic hydroxyl groups excluding tert-OH is 1. The SMILES string of the molecule is CC1CN(C)CCCN1C(=O)N1CC(O)C[C@H]1C(=O)O. The standard InChI is InChI=1S/C13H23N3O4/c1-9-7-14(2)4-3-5-15(9)13(20)16-8-10(17)6-11(16)12(18)19/h9-11,17H,3-8H2,1-2H3,(H,18,19)/t9?,10?,11-/m0/s1. The van der Waals surface area contributed by atoms with Gasteiger partial charge in [-0.2, -0.15) is 0 Å². The molecule has 114 valence electrons. The van der Waals surface area contributed by atoms with E-state index in [1.807, 2.05) is 14.0 Å². The predicted molar refractivity (Wildman–Crippen MR) is 72.4 cm³/mol. The van der Waals surface area contributed by atoms with Crippen molar-refractivity contribution >= 4 is 12.0 Å². The van der Waals surface area contributed by atoms with E-state index in [9.17, 15) is 19.8 Å². The number of carbonyl (C=O) groups is 2. The molecule has 0 saturated carbocycles. The maximum absolute atomic E-state index is 12.6. The molecule has 0 aromatic carbocycles. The van der Waals surface area contributed by atoms with E-state index < -0.39 is 18.1 Å². The van der Waals surface area contributed by atoms with Crippen LogP contribution >= 0.6 is 0 Å². The highest BCUT2D eigenvalue weighted by atomic mass is 16.4. The summed E-state index contributed by atoms with van der Waals surface area (Å²) in [7, 11) is 2.02. The van der Waals surface area contributed by atoms with Crippen LogP contribution in [-0.4, -0.2) is 88.3 Å². The van der Waals surface area contributed by atoms with Crippen molar-refractivity contribution in [2.75, 3.05) is 33.2 Å². The van der Waals surface area contributed by atoms with Gasteiger partial charge in [-0.1, -0.05) is 0 Å². The second-order valence-corrected chi connectivity index (χ2v) is 5.84.